The number of aryl methyl sites for hydroxylation is 1. The number of nitrogens with zero attached hydrogens (tertiary/aromatic N) is 3. The summed E-state index contributed by atoms with van der Waals surface area (Å²) in [6.45, 7) is 5.95. The number of nitrogens with one attached hydrogen (secondary N) is 1. The second kappa shape index (κ2) is 7.00. The largest absolute Gasteiger partial charge is 0.392 e. The number of halogens is 1. The van der Waals surface area contributed by atoms with Gasteiger partial charge >= 0.3 is 0 Å². The van der Waals surface area contributed by atoms with Gasteiger partial charge in [0.05, 0.1) is 6.10 Å². The molecule has 1 aromatic heterocycles. The van der Waals surface area contributed by atoms with E-state index in [2.05, 4.69) is 26.2 Å². The molecule has 0 spiro atoms. The summed E-state index contributed by atoms with van der Waals surface area (Å²) in [5, 5.41) is 13.7. The average Bonchev–Trinajstić information content (AvgIpc) is 3.08. The van der Waals surface area contributed by atoms with Gasteiger partial charge in [-0.1, -0.05) is 0 Å². The van der Waals surface area contributed by atoms with Gasteiger partial charge in [-0.05, 0) is 43.9 Å². The first kappa shape index (κ1) is 17.5. The van der Waals surface area contributed by atoms with E-state index < -0.39 is 0 Å². The number of aliphatic hydroxyl groups excluding tert-OH is 1. The molecule has 26 heavy (non-hydrogen) atoms. The van der Waals surface area contributed by atoms with Gasteiger partial charge in [0.1, 0.15) is 5.52 Å². The summed E-state index contributed by atoms with van der Waals surface area (Å²) in [6.07, 6.45) is 2.73. The fraction of sp³-hybridized carbons (Fsp3) is 0.550. The number of hydrogen-bond acceptors (Lipinski definition) is 5. The third kappa shape index (κ3) is 3.12. The third-order valence-corrected chi connectivity index (χ3v) is 5.56. The zero-order valence-electron chi connectivity index (χ0n) is 15.6. The van der Waals surface area contributed by atoms with Crippen LogP contribution in [-0.4, -0.2) is 60.9 Å². The molecule has 140 valence electrons. The summed E-state index contributed by atoms with van der Waals surface area (Å²) in [5.41, 5.74) is 4.73. The van der Waals surface area contributed by atoms with Gasteiger partial charge in [0.15, 0.2) is 5.82 Å². The minimum atomic E-state index is -0.314. The van der Waals surface area contributed by atoms with Gasteiger partial charge in [0.2, 0.25) is 0 Å². The van der Waals surface area contributed by atoms with Gasteiger partial charge in [0, 0.05) is 62.2 Å². The number of anilines is 2. The van der Waals surface area contributed by atoms with Crippen LogP contribution in [0.1, 0.15) is 24.6 Å². The number of aliphatic hydroxyl groups is 1. The van der Waals surface area contributed by atoms with E-state index in [1.54, 1.807) is 6.07 Å². The molecule has 1 aliphatic carbocycles. The molecular formula is C20H27FN4O. The Morgan fingerprint density at radius 1 is 1.23 bits per heavy atom. The highest BCUT2D eigenvalue weighted by molar-refractivity contribution is 5.96. The van der Waals surface area contributed by atoms with Crippen molar-refractivity contribution in [3.05, 3.63) is 29.2 Å². The van der Waals surface area contributed by atoms with Crippen LogP contribution in [0, 0.1) is 5.82 Å². The Bertz CT molecular complexity index is 815. The van der Waals surface area contributed by atoms with E-state index in [0.29, 0.717) is 12.1 Å². The van der Waals surface area contributed by atoms with Crippen molar-refractivity contribution in [2.24, 2.45) is 0 Å². The fourth-order valence-corrected chi connectivity index (χ4v) is 4.34. The molecule has 4 rings (SSSR count). The lowest BCUT2D eigenvalue weighted by atomic mass is 10.1. The first-order valence-corrected chi connectivity index (χ1v) is 9.55. The van der Waals surface area contributed by atoms with Crippen LogP contribution >= 0.6 is 0 Å². The van der Waals surface area contributed by atoms with E-state index in [0.717, 1.165) is 67.9 Å². The summed E-state index contributed by atoms with van der Waals surface area (Å²) in [6, 6.07) is 3.71. The minimum Gasteiger partial charge on any atom is -0.392 e. The van der Waals surface area contributed by atoms with Crippen LogP contribution in [0.2, 0.25) is 0 Å². The van der Waals surface area contributed by atoms with Gasteiger partial charge in [-0.3, -0.25) is 4.90 Å². The third-order valence-electron chi connectivity index (χ3n) is 5.56. The highest BCUT2D eigenvalue weighted by Crippen LogP contribution is 2.37. The molecule has 2 heterocycles. The van der Waals surface area contributed by atoms with E-state index >= 15 is 0 Å². The molecule has 1 aromatic carbocycles. The van der Waals surface area contributed by atoms with Crippen LogP contribution in [0.15, 0.2) is 12.1 Å². The smallest absolute Gasteiger partial charge is 0.151 e. The SMILES string of the molecule is CNc1c2c(nc3c(F)cc(N4CCN(C[C@H](C)O)CC4)cc13)CCC2. The van der Waals surface area contributed by atoms with Crippen molar-refractivity contribution in [2.75, 3.05) is 50.0 Å². The molecule has 0 bridgehead atoms. The lowest BCUT2D eigenvalue weighted by Crippen LogP contribution is -2.48. The topological polar surface area (TPSA) is 51.6 Å². The monoisotopic (exact) mass is 358 g/mol. The number of fused-ring (bicyclic) bond motifs is 2. The normalized spacial score (nSPS) is 19.0. The highest BCUT2D eigenvalue weighted by atomic mass is 19.1. The number of pyridine rings is 1. The summed E-state index contributed by atoms with van der Waals surface area (Å²) >= 11 is 0. The quantitative estimate of drug-likeness (QED) is 0.879. The van der Waals surface area contributed by atoms with E-state index in [9.17, 15) is 9.50 Å². The molecule has 2 N–H and O–H groups in total. The van der Waals surface area contributed by atoms with Gasteiger partial charge in [-0.15, -0.1) is 0 Å². The molecule has 6 heteroatoms. The number of piperazine rings is 1. The van der Waals surface area contributed by atoms with Crippen molar-refractivity contribution in [3.8, 4) is 0 Å². The minimum absolute atomic E-state index is 0.241. The Balaban J connectivity index is 1.66. The first-order valence-electron chi connectivity index (χ1n) is 9.55. The molecule has 1 atom stereocenters. The maximum Gasteiger partial charge on any atom is 0.151 e. The maximum absolute atomic E-state index is 14.9. The second-order valence-corrected chi connectivity index (χ2v) is 7.48. The molecule has 1 fully saturated rings. The Kier molecular flexibility index (Phi) is 4.71. The Morgan fingerprint density at radius 2 is 2.00 bits per heavy atom. The zero-order valence-corrected chi connectivity index (χ0v) is 15.6. The zero-order chi connectivity index (χ0) is 18.3. The van der Waals surface area contributed by atoms with Crippen LogP contribution < -0.4 is 10.2 Å². The lowest BCUT2D eigenvalue weighted by Gasteiger charge is -2.36. The van der Waals surface area contributed by atoms with Crippen molar-refractivity contribution in [3.63, 3.8) is 0 Å². The van der Waals surface area contributed by atoms with Crippen LogP contribution in [0.25, 0.3) is 10.9 Å². The Hall–Kier alpha value is -1.92. The molecule has 2 aromatic rings. The number of benzene rings is 1. The molecule has 1 saturated heterocycles. The van der Waals surface area contributed by atoms with Crippen molar-refractivity contribution in [2.45, 2.75) is 32.3 Å². The summed E-state index contributed by atoms with van der Waals surface area (Å²) < 4.78 is 14.9. The van der Waals surface area contributed by atoms with E-state index in [1.807, 2.05) is 14.0 Å². The number of hydrogen-bond donors (Lipinski definition) is 2. The summed E-state index contributed by atoms with van der Waals surface area (Å²) in [4.78, 5) is 9.11. The van der Waals surface area contributed by atoms with Gasteiger partial charge < -0.3 is 15.3 Å². The van der Waals surface area contributed by atoms with Crippen molar-refractivity contribution < 1.29 is 9.50 Å². The van der Waals surface area contributed by atoms with Crippen LogP contribution in [0.3, 0.4) is 0 Å². The van der Waals surface area contributed by atoms with Gasteiger partial charge in [-0.2, -0.15) is 0 Å². The highest BCUT2D eigenvalue weighted by Gasteiger charge is 2.23. The number of rotatable bonds is 4. The Morgan fingerprint density at radius 3 is 2.69 bits per heavy atom. The maximum atomic E-state index is 14.9. The fourth-order valence-electron chi connectivity index (χ4n) is 4.34. The summed E-state index contributed by atoms with van der Waals surface area (Å²) in [5.74, 6) is -0.241. The molecule has 0 radical (unpaired) electrons. The van der Waals surface area contributed by atoms with Crippen molar-refractivity contribution in [1.29, 1.82) is 0 Å². The van der Waals surface area contributed by atoms with Gasteiger partial charge in [0.25, 0.3) is 0 Å². The predicted octanol–water partition coefficient (Wildman–Crippen LogP) is 2.41. The number of aromatic nitrogens is 1. The predicted molar refractivity (Wildman–Crippen MR) is 104 cm³/mol. The van der Waals surface area contributed by atoms with E-state index in [1.165, 1.54) is 5.56 Å². The standard InChI is InChI=1S/C20H27FN4O/c1-13(26)12-24-6-8-25(9-7-24)14-10-16-19(22-2)15-4-3-5-18(15)23-20(16)17(21)11-14/h10-11,13,26H,3-9,12H2,1-2H3,(H,22,23)/t13-/m0/s1. The van der Waals surface area contributed by atoms with Crippen molar-refractivity contribution >= 4 is 22.3 Å². The van der Waals surface area contributed by atoms with Crippen LogP contribution in [-0.2, 0) is 12.8 Å². The average molecular weight is 358 g/mol. The molecule has 1 aliphatic heterocycles. The molecule has 0 unspecified atom stereocenters. The van der Waals surface area contributed by atoms with E-state index in [-0.39, 0.29) is 11.9 Å². The first-order chi connectivity index (χ1) is 12.6. The molecular weight excluding hydrogens is 331 g/mol. The molecule has 2 aliphatic rings. The number of β-amino-alcohol motifs (C(OH)–C–C–N with tert-alkyl or cyclic N) is 1. The second-order valence-electron chi connectivity index (χ2n) is 7.48. The van der Waals surface area contributed by atoms with E-state index in [4.69, 9.17) is 0 Å². The van der Waals surface area contributed by atoms with Crippen LogP contribution in [0.4, 0.5) is 15.8 Å². The van der Waals surface area contributed by atoms with Crippen molar-refractivity contribution in [1.82, 2.24) is 9.88 Å². The van der Waals surface area contributed by atoms with Crippen LogP contribution in [0.5, 0.6) is 0 Å². The lowest BCUT2D eigenvalue weighted by molar-refractivity contribution is 0.123. The molecule has 0 amide bonds. The molecule has 5 nitrogen and oxygen atoms in total. The van der Waals surface area contributed by atoms with Gasteiger partial charge in [-0.25, -0.2) is 9.37 Å². The molecule has 0 saturated carbocycles. The Labute approximate surface area is 153 Å². The summed E-state index contributed by atoms with van der Waals surface area (Å²) in [7, 11) is 1.91.